The largest absolute Gasteiger partial charge is 0.495 e. The minimum absolute atomic E-state index is 0.0498. The fraction of sp³-hybridized carbons (Fsp3) is 0.375. The van der Waals surface area contributed by atoms with Gasteiger partial charge in [-0.1, -0.05) is 80.4 Å². The zero-order valence-corrected chi connectivity index (χ0v) is 25.6. The van der Waals surface area contributed by atoms with Crippen LogP contribution in [0.4, 0.5) is 5.69 Å². The number of ether oxygens (including phenoxy) is 1. The monoisotopic (exact) mass is 579 g/mol. The van der Waals surface area contributed by atoms with Crippen LogP contribution in [0.3, 0.4) is 0 Å². The summed E-state index contributed by atoms with van der Waals surface area (Å²) >= 11 is 0. The molecule has 0 fully saturated rings. The molecule has 0 bridgehead atoms. The van der Waals surface area contributed by atoms with Crippen molar-refractivity contribution in [2.24, 2.45) is 5.92 Å². The lowest BCUT2D eigenvalue weighted by Crippen LogP contribution is -2.52. The minimum atomic E-state index is -4.18. The first-order valence-corrected chi connectivity index (χ1v) is 15.3. The van der Waals surface area contributed by atoms with Gasteiger partial charge in [0.2, 0.25) is 11.8 Å². The summed E-state index contributed by atoms with van der Waals surface area (Å²) in [5.41, 5.74) is 3.01. The molecule has 1 atom stereocenters. The van der Waals surface area contributed by atoms with Gasteiger partial charge in [-0.15, -0.1) is 0 Å². The molecule has 0 saturated carbocycles. The minimum Gasteiger partial charge on any atom is -0.495 e. The maximum absolute atomic E-state index is 14.2. The average Bonchev–Trinajstić information content (AvgIpc) is 2.94. The van der Waals surface area contributed by atoms with Crippen molar-refractivity contribution in [3.05, 3.63) is 89.5 Å². The number of aryl methyl sites for hydroxylation is 2. The van der Waals surface area contributed by atoms with Crippen molar-refractivity contribution in [3.63, 3.8) is 0 Å². The summed E-state index contributed by atoms with van der Waals surface area (Å²) in [6.45, 7) is 9.77. The van der Waals surface area contributed by atoms with Gasteiger partial charge in [0.1, 0.15) is 18.3 Å². The van der Waals surface area contributed by atoms with Crippen LogP contribution in [-0.2, 0) is 26.2 Å². The third kappa shape index (κ3) is 8.10. The van der Waals surface area contributed by atoms with Gasteiger partial charge < -0.3 is 15.0 Å². The van der Waals surface area contributed by atoms with Gasteiger partial charge in [-0.3, -0.25) is 13.9 Å². The predicted molar refractivity (Wildman–Crippen MR) is 162 cm³/mol. The number of methoxy groups -OCH3 is 1. The smallest absolute Gasteiger partial charge is 0.264 e. The summed E-state index contributed by atoms with van der Waals surface area (Å²) in [6.07, 6.45) is 0.362. The van der Waals surface area contributed by atoms with Crippen molar-refractivity contribution < 1.29 is 22.7 Å². The van der Waals surface area contributed by atoms with Gasteiger partial charge in [-0.2, -0.15) is 0 Å². The molecular weight excluding hydrogens is 538 g/mol. The van der Waals surface area contributed by atoms with Gasteiger partial charge in [0, 0.05) is 13.1 Å². The second kappa shape index (κ2) is 14.2. The Bertz CT molecular complexity index is 1440. The van der Waals surface area contributed by atoms with Crippen molar-refractivity contribution in [2.45, 2.75) is 58.5 Å². The topological polar surface area (TPSA) is 96.0 Å². The highest BCUT2D eigenvalue weighted by molar-refractivity contribution is 7.92. The number of carbonyl (C=O) groups excluding carboxylic acids is 2. The lowest BCUT2D eigenvalue weighted by molar-refractivity contribution is -0.140. The van der Waals surface area contributed by atoms with E-state index in [1.165, 1.54) is 24.1 Å². The van der Waals surface area contributed by atoms with Crippen molar-refractivity contribution in [2.75, 3.05) is 24.5 Å². The molecule has 0 aromatic heterocycles. The zero-order chi connectivity index (χ0) is 30.2. The van der Waals surface area contributed by atoms with E-state index in [0.29, 0.717) is 18.7 Å². The average molecular weight is 580 g/mol. The van der Waals surface area contributed by atoms with E-state index >= 15 is 0 Å². The molecule has 0 aliphatic rings. The molecule has 0 radical (unpaired) electrons. The zero-order valence-electron chi connectivity index (χ0n) is 24.8. The molecule has 220 valence electrons. The van der Waals surface area contributed by atoms with Crippen LogP contribution in [0, 0.1) is 19.8 Å². The van der Waals surface area contributed by atoms with Crippen LogP contribution in [0.5, 0.6) is 5.75 Å². The van der Waals surface area contributed by atoms with E-state index in [1.54, 1.807) is 36.4 Å². The molecule has 0 unspecified atom stereocenters. The molecule has 2 amide bonds. The number of carbonyl (C=O) groups is 2. The number of anilines is 1. The van der Waals surface area contributed by atoms with E-state index in [-0.39, 0.29) is 29.0 Å². The van der Waals surface area contributed by atoms with Crippen LogP contribution in [0.25, 0.3) is 0 Å². The number of nitrogens with zero attached hydrogens (tertiary/aromatic N) is 2. The predicted octanol–water partition coefficient (Wildman–Crippen LogP) is 5.09. The molecule has 0 saturated heterocycles. The number of rotatable bonds is 13. The highest BCUT2D eigenvalue weighted by Gasteiger charge is 2.34. The molecule has 1 N–H and O–H groups in total. The maximum atomic E-state index is 14.2. The summed E-state index contributed by atoms with van der Waals surface area (Å²) < 4.78 is 34.7. The van der Waals surface area contributed by atoms with E-state index in [2.05, 4.69) is 5.32 Å². The van der Waals surface area contributed by atoms with Crippen LogP contribution >= 0.6 is 0 Å². The molecule has 3 rings (SSSR count). The van der Waals surface area contributed by atoms with Gasteiger partial charge in [-0.25, -0.2) is 8.42 Å². The number of hydrogen-bond acceptors (Lipinski definition) is 5. The molecule has 9 heteroatoms. The Labute approximate surface area is 244 Å². The van der Waals surface area contributed by atoms with Crippen LogP contribution in [0.15, 0.2) is 77.7 Å². The molecule has 0 aliphatic carbocycles. The summed E-state index contributed by atoms with van der Waals surface area (Å²) in [4.78, 5) is 29.1. The fourth-order valence-corrected chi connectivity index (χ4v) is 5.96. The van der Waals surface area contributed by atoms with Crippen LogP contribution in [-0.4, -0.2) is 51.4 Å². The highest BCUT2D eigenvalue weighted by atomic mass is 32.2. The Hall–Kier alpha value is -3.85. The molecular formula is C32H41N3O5S. The quantitative estimate of drug-likeness (QED) is 0.305. The molecule has 0 spiro atoms. The number of para-hydroxylation sites is 2. The molecule has 8 nitrogen and oxygen atoms in total. The number of benzene rings is 3. The lowest BCUT2D eigenvalue weighted by atomic mass is 10.1. The molecule has 41 heavy (non-hydrogen) atoms. The van der Waals surface area contributed by atoms with Gasteiger partial charge in [0.25, 0.3) is 10.0 Å². The lowest BCUT2D eigenvalue weighted by Gasteiger charge is -2.33. The van der Waals surface area contributed by atoms with Gasteiger partial charge in [0.05, 0.1) is 17.7 Å². The van der Waals surface area contributed by atoms with Crippen molar-refractivity contribution >= 4 is 27.5 Å². The second-order valence-corrected chi connectivity index (χ2v) is 12.4. The summed E-state index contributed by atoms with van der Waals surface area (Å²) in [7, 11) is -2.73. The van der Waals surface area contributed by atoms with E-state index in [9.17, 15) is 18.0 Å². The van der Waals surface area contributed by atoms with Crippen LogP contribution in [0.1, 0.15) is 43.9 Å². The number of sulfonamides is 1. The van der Waals surface area contributed by atoms with E-state index < -0.39 is 28.5 Å². The number of amides is 2. The Balaban J connectivity index is 2.08. The van der Waals surface area contributed by atoms with E-state index in [0.717, 1.165) is 21.0 Å². The highest BCUT2D eigenvalue weighted by Crippen LogP contribution is 2.32. The first-order valence-electron chi connectivity index (χ1n) is 13.8. The Morgan fingerprint density at radius 2 is 1.61 bits per heavy atom. The van der Waals surface area contributed by atoms with Crippen molar-refractivity contribution in [3.8, 4) is 5.75 Å². The molecule has 0 heterocycles. The Kier molecular flexibility index (Phi) is 10.9. The number of hydrogen-bond donors (Lipinski definition) is 1. The SMILES string of the molecule is CC[C@H](C(=O)NCC(C)C)N(Cc1cccc(C)c1)C(=O)CN(c1ccccc1OC)S(=O)(=O)c1ccc(C)cc1. The fourth-order valence-electron chi connectivity index (χ4n) is 4.54. The van der Waals surface area contributed by atoms with Gasteiger partial charge in [0.15, 0.2) is 0 Å². The Morgan fingerprint density at radius 3 is 2.22 bits per heavy atom. The van der Waals surface area contributed by atoms with Gasteiger partial charge >= 0.3 is 0 Å². The summed E-state index contributed by atoms with van der Waals surface area (Å²) in [6, 6.07) is 20.1. The third-order valence-corrected chi connectivity index (χ3v) is 8.52. The van der Waals surface area contributed by atoms with Crippen molar-refractivity contribution in [1.29, 1.82) is 0 Å². The first kappa shape index (κ1) is 31.7. The third-order valence-electron chi connectivity index (χ3n) is 6.75. The standard InChI is InChI=1S/C32H41N3O5S/c1-7-28(32(37)33-20-23(2)3)34(21-26-12-10-11-25(5)19-26)31(36)22-35(29-13-8-9-14-30(29)40-6)41(38,39)27-17-15-24(4)16-18-27/h8-19,23,28H,7,20-22H2,1-6H3,(H,33,37)/t28-/m1/s1. The van der Waals surface area contributed by atoms with Crippen molar-refractivity contribution in [1.82, 2.24) is 10.2 Å². The maximum Gasteiger partial charge on any atom is 0.264 e. The molecule has 3 aromatic rings. The molecule has 3 aromatic carbocycles. The number of nitrogens with one attached hydrogen (secondary N) is 1. The summed E-state index contributed by atoms with van der Waals surface area (Å²) in [5, 5.41) is 2.95. The molecule has 0 aliphatic heterocycles. The van der Waals surface area contributed by atoms with Gasteiger partial charge in [-0.05, 0) is 56.0 Å². The Morgan fingerprint density at radius 1 is 0.927 bits per heavy atom. The van der Waals surface area contributed by atoms with Crippen LogP contribution < -0.4 is 14.4 Å². The first-order chi connectivity index (χ1) is 19.5. The second-order valence-electron chi connectivity index (χ2n) is 10.6. The normalized spacial score (nSPS) is 12.1. The van der Waals surface area contributed by atoms with E-state index in [4.69, 9.17) is 4.74 Å². The van der Waals surface area contributed by atoms with Crippen LogP contribution in [0.2, 0.25) is 0 Å². The van der Waals surface area contributed by atoms with E-state index in [1.807, 2.05) is 58.9 Å². The summed E-state index contributed by atoms with van der Waals surface area (Å²) in [5.74, 6) is -0.229.